The molecule has 0 amide bonds. The van der Waals surface area contributed by atoms with Crippen molar-refractivity contribution in [1.29, 1.82) is 0 Å². The summed E-state index contributed by atoms with van der Waals surface area (Å²) in [6.45, 7) is 5.30. The largest absolute Gasteiger partial charge is 0.468 e. The average Bonchev–Trinajstić information content (AvgIpc) is 2.44. The lowest BCUT2D eigenvalue weighted by Crippen LogP contribution is -2.33. The van der Waals surface area contributed by atoms with Gasteiger partial charge >= 0.3 is 5.97 Å². The Morgan fingerprint density at radius 1 is 1.37 bits per heavy atom. The maximum atomic E-state index is 12.4. The van der Waals surface area contributed by atoms with Gasteiger partial charge < -0.3 is 4.74 Å². The maximum Gasteiger partial charge on any atom is 0.324 e. The van der Waals surface area contributed by atoms with Gasteiger partial charge in [0.15, 0.2) is 15.1 Å². The number of esters is 1. The Kier molecular flexibility index (Phi) is 5.54. The molecule has 1 aromatic rings. The quantitative estimate of drug-likeness (QED) is 0.748. The third kappa shape index (κ3) is 3.80. The molecule has 0 saturated carbocycles. The molecule has 0 heterocycles. The molecule has 0 bridgehead atoms. The van der Waals surface area contributed by atoms with Crippen LogP contribution in [-0.2, 0) is 19.4 Å². The first-order valence-corrected chi connectivity index (χ1v) is 7.29. The molecule has 0 aliphatic heterocycles. The summed E-state index contributed by atoms with van der Waals surface area (Å²) in [5.74, 6) is -0.0417. The fraction of sp³-hybridized carbons (Fsp3) is 0.286. The molecule has 4 nitrogen and oxygen atoms in total. The van der Waals surface area contributed by atoms with Crippen molar-refractivity contribution < 1.29 is 17.9 Å². The molecule has 1 atom stereocenters. The Morgan fingerprint density at radius 3 is 2.42 bits per heavy atom. The average molecular weight is 281 g/mol. The van der Waals surface area contributed by atoms with Crippen molar-refractivity contribution in [1.82, 2.24) is 0 Å². The summed E-state index contributed by atoms with van der Waals surface area (Å²) >= 11 is 0. The van der Waals surface area contributed by atoms with Crippen LogP contribution in [0.1, 0.15) is 13.3 Å². The number of ether oxygens (including phenoxy) is 1. The van der Waals surface area contributed by atoms with Crippen molar-refractivity contribution in [3.8, 4) is 0 Å². The van der Waals surface area contributed by atoms with Gasteiger partial charge in [-0.2, -0.15) is 0 Å². The van der Waals surface area contributed by atoms with Crippen LogP contribution in [0.2, 0.25) is 0 Å². The number of sulfone groups is 1. The summed E-state index contributed by atoms with van der Waals surface area (Å²) < 4.78 is 29.5. The van der Waals surface area contributed by atoms with Gasteiger partial charge in [0, 0.05) is 0 Å². The molecule has 5 heteroatoms. The summed E-state index contributed by atoms with van der Waals surface area (Å²) in [7, 11) is -2.58. The lowest BCUT2D eigenvalue weighted by atomic mass is 10.0. The van der Waals surface area contributed by atoms with Gasteiger partial charge in [-0.1, -0.05) is 25.1 Å². The molecule has 0 saturated heterocycles. The zero-order valence-corrected chi connectivity index (χ0v) is 11.8. The third-order valence-corrected chi connectivity index (χ3v) is 4.80. The van der Waals surface area contributed by atoms with Crippen molar-refractivity contribution in [2.24, 2.45) is 0 Å². The van der Waals surface area contributed by atoms with E-state index in [0.717, 1.165) is 5.92 Å². The Labute approximate surface area is 114 Å². The minimum atomic E-state index is -3.76. The number of rotatable bonds is 6. The van der Waals surface area contributed by atoms with Crippen LogP contribution >= 0.6 is 0 Å². The Morgan fingerprint density at radius 2 is 1.95 bits per heavy atom. The fourth-order valence-corrected chi connectivity index (χ4v) is 3.30. The Hall–Kier alpha value is -1.36. The van der Waals surface area contributed by atoms with Gasteiger partial charge in [0.05, 0.1) is 12.0 Å². The van der Waals surface area contributed by atoms with Gasteiger partial charge in [0.2, 0.25) is 0 Å². The lowest BCUT2D eigenvalue weighted by Gasteiger charge is -2.18. The minimum absolute atomic E-state index is 0.0768. The van der Waals surface area contributed by atoms with Gasteiger partial charge in [0.25, 0.3) is 0 Å². The van der Waals surface area contributed by atoms with Gasteiger partial charge in [-0.15, -0.1) is 0 Å². The van der Waals surface area contributed by atoms with Crippen LogP contribution in [0, 0.1) is 19.3 Å². The highest BCUT2D eigenvalue weighted by Gasteiger charge is 2.35. The molecule has 0 aliphatic rings. The smallest absolute Gasteiger partial charge is 0.324 e. The van der Waals surface area contributed by atoms with Crippen molar-refractivity contribution in [3.05, 3.63) is 49.6 Å². The van der Waals surface area contributed by atoms with E-state index in [4.69, 9.17) is 0 Å². The van der Waals surface area contributed by atoms with E-state index in [0.29, 0.717) is 0 Å². The number of hydrogen-bond donors (Lipinski definition) is 0. The highest BCUT2D eigenvalue weighted by Crippen LogP contribution is 2.24. The van der Waals surface area contributed by atoms with Crippen LogP contribution in [-0.4, -0.2) is 26.7 Å². The van der Waals surface area contributed by atoms with Crippen molar-refractivity contribution in [2.75, 3.05) is 7.11 Å². The third-order valence-electron chi connectivity index (χ3n) is 2.77. The molecule has 1 aromatic carbocycles. The SMILES string of the molecule is [CH2][CH][C](C)CC(C(=O)OC)S(=O)(=O)c1ccccc1. The van der Waals surface area contributed by atoms with Gasteiger partial charge in [0.1, 0.15) is 0 Å². The summed E-state index contributed by atoms with van der Waals surface area (Å²) in [5.41, 5.74) is 0. The van der Waals surface area contributed by atoms with E-state index in [-0.39, 0.29) is 11.3 Å². The highest BCUT2D eigenvalue weighted by atomic mass is 32.2. The van der Waals surface area contributed by atoms with Crippen molar-refractivity contribution in [2.45, 2.75) is 23.5 Å². The van der Waals surface area contributed by atoms with Gasteiger partial charge in [-0.3, -0.25) is 4.79 Å². The number of hydrogen-bond acceptors (Lipinski definition) is 4. The maximum absolute atomic E-state index is 12.4. The summed E-state index contributed by atoms with van der Waals surface area (Å²) in [4.78, 5) is 11.8. The number of carbonyl (C=O) groups is 1. The molecule has 19 heavy (non-hydrogen) atoms. The Balaban J connectivity index is 3.13. The number of carbonyl (C=O) groups excluding carboxylic acids is 1. The zero-order chi connectivity index (χ0) is 14.5. The molecular weight excluding hydrogens is 264 g/mol. The van der Waals surface area contributed by atoms with E-state index < -0.39 is 21.1 Å². The van der Waals surface area contributed by atoms with Crippen molar-refractivity contribution >= 4 is 15.8 Å². The van der Waals surface area contributed by atoms with Crippen LogP contribution in [0.25, 0.3) is 0 Å². The molecular formula is C14H17O4S. The van der Waals surface area contributed by atoms with Crippen molar-refractivity contribution in [3.63, 3.8) is 0 Å². The second-order valence-electron chi connectivity index (χ2n) is 4.12. The van der Waals surface area contributed by atoms with E-state index in [9.17, 15) is 13.2 Å². The van der Waals surface area contributed by atoms with E-state index in [1.54, 1.807) is 25.1 Å². The zero-order valence-electron chi connectivity index (χ0n) is 11.0. The topological polar surface area (TPSA) is 60.4 Å². The molecule has 1 unspecified atom stereocenters. The summed E-state index contributed by atoms with van der Waals surface area (Å²) in [5, 5.41) is -1.24. The van der Waals surface area contributed by atoms with Crippen LogP contribution in [0.15, 0.2) is 35.2 Å². The number of benzene rings is 1. The first-order chi connectivity index (χ1) is 8.93. The van der Waals surface area contributed by atoms with Crippen LogP contribution < -0.4 is 0 Å². The molecule has 1 rings (SSSR count). The van der Waals surface area contributed by atoms with Crippen LogP contribution in [0.4, 0.5) is 0 Å². The predicted octanol–water partition coefficient (Wildman–Crippen LogP) is 2.02. The van der Waals surface area contributed by atoms with Gasteiger partial charge in [-0.25, -0.2) is 8.42 Å². The molecule has 0 aliphatic carbocycles. The second-order valence-corrected chi connectivity index (χ2v) is 6.25. The van der Waals surface area contributed by atoms with Crippen LogP contribution in [0.5, 0.6) is 0 Å². The predicted molar refractivity (Wildman–Crippen MR) is 72.6 cm³/mol. The first kappa shape index (κ1) is 15.7. The fourth-order valence-electron chi connectivity index (χ4n) is 1.60. The molecule has 0 spiro atoms. The van der Waals surface area contributed by atoms with E-state index >= 15 is 0 Å². The molecule has 0 fully saturated rings. The van der Waals surface area contributed by atoms with Crippen LogP contribution in [0.3, 0.4) is 0 Å². The molecule has 0 N–H and O–H groups in total. The lowest BCUT2D eigenvalue weighted by molar-refractivity contribution is -0.140. The second kappa shape index (κ2) is 6.70. The minimum Gasteiger partial charge on any atom is -0.468 e. The van der Waals surface area contributed by atoms with E-state index in [2.05, 4.69) is 11.7 Å². The first-order valence-electron chi connectivity index (χ1n) is 5.75. The molecule has 0 aromatic heterocycles. The standard InChI is InChI=1S/C14H17O4S/c1-4-11(2)10-13(14(15)18-3)19(16,17)12-8-6-5-7-9-12/h4-9,13H,1,10H2,2-3H3. The normalized spacial score (nSPS) is 13.3. The number of methoxy groups -OCH3 is 1. The van der Waals surface area contributed by atoms with Gasteiger partial charge in [-0.05, 0) is 37.8 Å². The van der Waals surface area contributed by atoms with E-state index in [1.807, 2.05) is 0 Å². The molecule has 103 valence electrons. The highest BCUT2D eigenvalue weighted by molar-refractivity contribution is 7.92. The Bertz CT molecular complexity index is 508. The monoisotopic (exact) mass is 281 g/mol. The summed E-state index contributed by atoms with van der Waals surface area (Å²) in [6, 6.07) is 7.88. The van der Waals surface area contributed by atoms with E-state index in [1.165, 1.54) is 25.7 Å². The summed E-state index contributed by atoms with van der Waals surface area (Å²) in [6.07, 6.45) is 1.61. The molecule has 3 radical (unpaired) electrons.